The van der Waals surface area contributed by atoms with Gasteiger partial charge in [0.25, 0.3) is 0 Å². The zero-order valence-corrected chi connectivity index (χ0v) is 8.87. The number of carbonyl (C=O) groups excluding carboxylic acids is 1. The van der Waals surface area contributed by atoms with Crippen molar-refractivity contribution in [1.29, 1.82) is 0 Å². The second kappa shape index (κ2) is 5.81. The van der Waals surface area contributed by atoms with E-state index in [0.717, 1.165) is 39.0 Å². The van der Waals surface area contributed by atoms with Crippen molar-refractivity contribution in [2.75, 3.05) is 26.8 Å². The summed E-state index contributed by atoms with van der Waals surface area (Å²) in [6.45, 7) is 6.03. The first kappa shape index (κ1) is 11.2. The molecule has 1 atom stereocenters. The molecule has 0 bridgehead atoms. The van der Waals surface area contributed by atoms with Crippen LogP contribution in [0.25, 0.3) is 0 Å². The molecule has 0 radical (unpaired) electrons. The SMILES string of the molecule is C=CC(=O)N1CCCC(COC)CC1. The van der Waals surface area contributed by atoms with Crippen LogP contribution in [-0.2, 0) is 9.53 Å². The highest BCUT2D eigenvalue weighted by molar-refractivity contribution is 5.86. The van der Waals surface area contributed by atoms with E-state index in [4.69, 9.17) is 4.74 Å². The average Bonchev–Trinajstić information content (AvgIpc) is 2.43. The molecule has 80 valence electrons. The summed E-state index contributed by atoms with van der Waals surface area (Å²) in [7, 11) is 1.73. The highest BCUT2D eigenvalue weighted by Gasteiger charge is 2.18. The van der Waals surface area contributed by atoms with Crippen LogP contribution in [0, 0.1) is 5.92 Å². The first-order chi connectivity index (χ1) is 6.77. The highest BCUT2D eigenvalue weighted by Crippen LogP contribution is 2.17. The number of nitrogens with zero attached hydrogens (tertiary/aromatic N) is 1. The van der Waals surface area contributed by atoms with Crippen LogP contribution in [-0.4, -0.2) is 37.6 Å². The second-order valence-corrected chi connectivity index (χ2v) is 3.78. The maximum Gasteiger partial charge on any atom is 0.245 e. The van der Waals surface area contributed by atoms with Crippen molar-refractivity contribution in [2.45, 2.75) is 19.3 Å². The number of hydrogen-bond acceptors (Lipinski definition) is 2. The van der Waals surface area contributed by atoms with Crippen molar-refractivity contribution in [3.63, 3.8) is 0 Å². The van der Waals surface area contributed by atoms with Gasteiger partial charge in [-0.1, -0.05) is 6.58 Å². The van der Waals surface area contributed by atoms with Crippen molar-refractivity contribution >= 4 is 5.91 Å². The molecule has 0 aromatic heterocycles. The Morgan fingerprint density at radius 3 is 3.00 bits per heavy atom. The van der Waals surface area contributed by atoms with Crippen molar-refractivity contribution < 1.29 is 9.53 Å². The monoisotopic (exact) mass is 197 g/mol. The standard InChI is InChI=1S/C11H19NO2/c1-3-11(13)12-7-4-5-10(6-8-12)9-14-2/h3,10H,1,4-9H2,2H3. The quantitative estimate of drug-likeness (QED) is 0.641. The number of hydrogen-bond donors (Lipinski definition) is 0. The smallest absolute Gasteiger partial charge is 0.245 e. The van der Waals surface area contributed by atoms with E-state index in [-0.39, 0.29) is 5.91 Å². The van der Waals surface area contributed by atoms with Gasteiger partial charge in [0.15, 0.2) is 0 Å². The Balaban J connectivity index is 2.40. The molecule has 1 aliphatic rings. The molecule has 1 heterocycles. The van der Waals surface area contributed by atoms with Gasteiger partial charge in [0, 0.05) is 26.8 Å². The maximum absolute atomic E-state index is 11.4. The lowest BCUT2D eigenvalue weighted by Crippen LogP contribution is -2.30. The Hall–Kier alpha value is -0.830. The zero-order chi connectivity index (χ0) is 10.4. The molecule has 14 heavy (non-hydrogen) atoms. The molecule has 3 heteroatoms. The first-order valence-corrected chi connectivity index (χ1v) is 5.18. The number of likely N-dealkylation sites (tertiary alicyclic amines) is 1. The molecule has 3 nitrogen and oxygen atoms in total. The molecular weight excluding hydrogens is 178 g/mol. The fraction of sp³-hybridized carbons (Fsp3) is 0.727. The van der Waals surface area contributed by atoms with E-state index in [9.17, 15) is 4.79 Å². The zero-order valence-electron chi connectivity index (χ0n) is 8.87. The Labute approximate surface area is 85.7 Å². The minimum absolute atomic E-state index is 0.0584. The minimum Gasteiger partial charge on any atom is -0.384 e. The molecule has 1 amide bonds. The third kappa shape index (κ3) is 3.14. The summed E-state index contributed by atoms with van der Waals surface area (Å²) in [5.41, 5.74) is 0. The molecule has 0 spiro atoms. The number of amides is 1. The first-order valence-electron chi connectivity index (χ1n) is 5.18. The summed E-state index contributed by atoms with van der Waals surface area (Å²) < 4.78 is 5.14. The van der Waals surface area contributed by atoms with Crippen LogP contribution in [0.2, 0.25) is 0 Å². The topological polar surface area (TPSA) is 29.5 Å². The van der Waals surface area contributed by atoms with Crippen molar-refractivity contribution in [1.82, 2.24) is 4.90 Å². The van der Waals surface area contributed by atoms with Crippen LogP contribution in [0.1, 0.15) is 19.3 Å². The van der Waals surface area contributed by atoms with Crippen molar-refractivity contribution in [2.24, 2.45) is 5.92 Å². The van der Waals surface area contributed by atoms with Crippen LogP contribution in [0.3, 0.4) is 0 Å². The van der Waals surface area contributed by atoms with E-state index < -0.39 is 0 Å². The summed E-state index contributed by atoms with van der Waals surface area (Å²) in [5.74, 6) is 0.672. The lowest BCUT2D eigenvalue weighted by molar-refractivity contribution is -0.126. The molecule has 1 fully saturated rings. The van der Waals surface area contributed by atoms with Crippen LogP contribution >= 0.6 is 0 Å². The van der Waals surface area contributed by atoms with Gasteiger partial charge >= 0.3 is 0 Å². The number of rotatable bonds is 3. The number of methoxy groups -OCH3 is 1. The fourth-order valence-corrected chi connectivity index (χ4v) is 1.92. The average molecular weight is 197 g/mol. The molecule has 1 rings (SSSR count). The van der Waals surface area contributed by atoms with E-state index in [0.29, 0.717) is 5.92 Å². The lowest BCUT2D eigenvalue weighted by atomic mass is 10.0. The molecular formula is C11H19NO2. The summed E-state index contributed by atoms with van der Waals surface area (Å²) in [4.78, 5) is 13.2. The van der Waals surface area contributed by atoms with Gasteiger partial charge in [0.05, 0.1) is 0 Å². The van der Waals surface area contributed by atoms with Gasteiger partial charge in [-0.25, -0.2) is 0 Å². The highest BCUT2D eigenvalue weighted by atomic mass is 16.5. The van der Waals surface area contributed by atoms with Gasteiger partial charge in [0.1, 0.15) is 0 Å². The summed E-state index contributed by atoms with van der Waals surface area (Å²) in [6.07, 6.45) is 4.69. The molecule has 0 aliphatic carbocycles. The Morgan fingerprint density at radius 2 is 2.36 bits per heavy atom. The largest absolute Gasteiger partial charge is 0.384 e. The molecule has 1 aliphatic heterocycles. The molecule has 1 saturated heterocycles. The Kier molecular flexibility index (Phi) is 4.66. The van der Waals surface area contributed by atoms with Crippen LogP contribution in [0.5, 0.6) is 0 Å². The van der Waals surface area contributed by atoms with Crippen LogP contribution < -0.4 is 0 Å². The van der Waals surface area contributed by atoms with Gasteiger partial charge in [-0.3, -0.25) is 4.79 Å². The van der Waals surface area contributed by atoms with Gasteiger partial charge in [-0.05, 0) is 31.3 Å². The lowest BCUT2D eigenvalue weighted by Gasteiger charge is -2.18. The van der Waals surface area contributed by atoms with Gasteiger partial charge in [-0.15, -0.1) is 0 Å². The molecule has 1 unspecified atom stereocenters. The summed E-state index contributed by atoms with van der Waals surface area (Å²) in [6, 6.07) is 0. The van der Waals surface area contributed by atoms with E-state index in [1.54, 1.807) is 7.11 Å². The van der Waals surface area contributed by atoms with E-state index in [2.05, 4.69) is 6.58 Å². The van der Waals surface area contributed by atoms with Crippen LogP contribution in [0.15, 0.2) is 12.7 Å². The van der Waals surface area contributed by atoms with Gasteiger partial charge in [-0.2, -0.15) is 0 Å². The van der Waals surface area contributed by atoms with Crippen molar-refractivity contribution in [3.8, 4) is 0 Å². The normalized spacial score (nSPS) is 22.9. The predicted molar refractivity (Wildman–Crippen MR) is 56.0 cm³/mol. The van der Waals surface area contributed by atoms with Gasteiger partial charge in [0.2, 0.25) is 5.91 Å². The van der Waals surface area contributed by atoms with E-state index in [1.807, 2.05) is 4.90 Å². The minimum atomic E-state index is 0.0584. The third-order valence-electron chi connectivity index (χ3n) is 2.74. The van der Waals surface area contributed by atoms with E-state index >= 15 is 0 Å². The number of carbonyl (C=O) groups is 1. The number of ether oxygens (including phenoxy) is 1. The Bertz CT molecular complexity index is 203. The second-order valence-electron chi connectivity index (χ2n) is 3.78. The predicted octanol–water partition coefficient (Wildman–Crippen LogP) is 1.45. The molecule has 0 saturated carbocycles. The van der Waals surface area contributed by atoms with E-state index in [1.165, 1.54) is 6.08 Å². The molecule has 0 N–H and O–H groups in total. The summed E-state index contributed by atoms with van der Waals surface area (Å²) >= 11 is 0. The third-order valence-corrected chi connectivity index (χ3v) is 2.74. The van der Waals surface area contributed by atoms with Gasteiger partial charge < -0.3 is 9.64 Å². The summed E-state index contributed by atoms with van der Waals surface area (Å²) in [5, 5.41) is 0. The fourth-order valence-electron chi connectivity index (χ4n) is 1.92. The molecule has 0 aromatic rings. The van der Waals surface area contributed by atoms with Crippen LogP contribution in [0.4, 0.5) is 0 Å². The maximum atomic E-state index is 11.4. The van der Waals surface area contributed by atoms with Crippen molar-refractivity contribution in [3.05, 3.63) is 12.7 Å². The Morgan fingerprint density at radius 1 is 1.57 bits per heavy atom. The molecule has 0 aromatic carbocycles.